The van der Waals surface area contributed by atoms with Gasteiger partial charge in [0.05, 0.1) is 11.8 Å². The topological polar surface area (TPSA) is 91.4 Å². The van der Waals surface area contributed by atoms with Gasteiger partial charge in [-0.25, -0.2) is 0 Å². The van der Waals surface area contributed by atoms with Crippen molar-refractivity contribution in [3.8, 4) is 17.5 Å². The molecule has 2 heterocycles. The molecular weight excluding hydrogens is 206 g/mol. The first-order valence-corrected chi connectivity index (χ1v) is 5.03. The van der Waals surface area contributed by atoms with E-state index in [1.807, 2.05) is 13.0 Å². The molecule has 1 N–H and O–H groups in total. The van der Waals surface area contributed by atoms with Crippen molar-refractivity contribution in [2.75, 3.05) is 0 Å². The third-order valence-corrected chi connectivity index (χ3v) is 2.48. The van der Waals surface area contributed by atoms with Crippen LogP contribution in [0.15, 0.2) is 10.7 Å². The Balaban J connectivity index is 2.36. The third-order valence-electron chi connectivity index (χ3n) is 2.48. The maximum Gasteiger partial charge on any atom is 0.262 e. The molecule has 0 fully saturated rings. The predicted molar refractivity (Wildman–Crippen MR) is 55.3 cm³/mol. The number of nitriles is 1. The lowest BCUT2D eigenvalue weighted by atomic mass is 10.1. The molecule has 0 saturated heterocycles. The lowest BCUT2D eigenvalue weighted by Gasteiger charge is -1.98. The minimum Gasteiger partial charge on any atom is -0.334 e. The summed E-state index contributed by atoms with van der Waals surface area (Å²) < 4.78 is 5.10. The van der Waals surface area contributed by atoms with Gasteiger partial charge in [-0.1, -0.05) is 19.0 Å². The smallest absolute Gasteiger partial charge is 0.262 e. The van der Waals surface area contributed by atoms with Gasteiger partial charge in [-0.05, 0) is 6.42 Å². The van der Waals surface area contributed by atoms with Gasteiger partial charge < -0.3 is 4.52 Å². The van der Waals surface area contributed by atoms with E-state index >= 15 is 0 Å². The second kappa shape index (κ2) is 4.14. The molecule has 6 nitrogen and oxygen atoms in total. The van der Waals surface area contributed by atoms with Crippen LogP contribution in [-0.4, -0.2) is 20.3 Å². The highest BCUT2D eigenvalue weighted by Gasteiger charge is 2.17. The number of aromatic amines is 1. The summed E-state index contributed by atoms with van der Waals surface area (Å²) in [6, 6.07) is 1.98. The van der Waals surface area contributed by atoms with Crippen LogP contribution in [0, 0.1) is 11.3 Å². The van der Waals surface area contributed by atoms with Crippen molar-refractivity contribution in [1.82, 2.24) is 20.3 Å². The number of H-pyrrole nitrogens is 1. The van der Waals surface area contributed by atoms with E-state index in [0.29, 0.717) is 23.0 Å². The van der Waals surface area contributed by atoms with Gasteiger partial charge >= 0.3 is 0 Å². The Morgan fingerprint density at radius 1 is 1.62 bits per heavy atom. The van der Waals surface area contributed by atoms with Crippen LogP contribution in [0.3, 0.4) is 0 Å². The Bertz CT molecular complexity index is 521. The van der Waals surface area contributed by atoms with Crippen LogP contribution in [-0.2, 0) is 0 Å². The molecule has 0 amide bonds. The number of rotatable bonds is 3. The van der Waals surface area contributed by atoms with Gasteiger partial charge in [0, 0.05) is 5.92 Å². The van der Waals surface area contributed by atoms with E-state index in [0.717, 1.165) is 6.42 Å². The SMILES string of the molecule is CCC(C)c1noc(-c2cn[nH]c2C#N)n1. The summed E-state index contributed by atoms with van der Waals surface area (Å²) in [5, 5.41) is 19.0. The standard InChI is InChI=1S/C10H11N5O/c1-3-6(2)9-13-10(16-15-9)7-5-12-14-8(7)4-11/h5-6H,3H2,1-2H3,(H,12,14). The van der Waals surface area contributed by atoms with E-state index in [4.69, 9.17) is 9.78 Å². The molecule has 16 heavy (non-hydrogen) atoms. The zero-order valence-electron chi connectivity index (χ0n) is 9.06. The predicted octanol–water partition coefficient (Wildman–Crippen LogP) is 1.84. The second-order valence-electron chi connectivity index (χ2n) is 3.54. The Morgan fingerprint density at radius 3 is 3.12 bits per heavy atom. The van der Waals surface area contributed by atoms with Crippen molar-refractivity contribution in [1.29, 1.82) is 5.26 Å². The average molecular weight is 217 g/mol. The highest BCUT2D eigenvalue weighted by atomic mass is 16.5. The Hall–Kier alpha value is -2.16. The molecular formula is C10H11N5O. The molecule has 0 saturated carbocycles. The van der Waals surface area contributed by atoms with Gasteiger partial charge in [-0.3, -0.25) is 5.10 Å². The highest BCUT2D eigenvalue weighted by molar-refractivity contribution is 5.59. The van der Waals surface area contributed by atoms with Crippen molar-refractivity contribution in [2.45, 2.75) is 26.2 Å². The summed E-state index contributed by atoms with van der Waals surface area (Å²) in [6.45, 7) is 4.08. The minimum atomic E-state index is 0.245. The third kappa shape index (κ3) is 1.67. The monoisotopic (exact) mass is 217 g/mol. The number of nitrogens with one attached hydrogen (secondary N) is 1. The average Bonchev–Trinajstić information content (AvgIpc) is 2.95. The summed E-state index contributed by atoms with van der Waals surface area (Å²) in [5.41, 5.74) is 0.879. The Morgan fingerprint density at radius 2 is 2.44 bits per heavy atom. The molecule has 1 atom stereocenters. The molecule has 6 heteroatoms. The Labute approximate surface area is 92.3 Å². The molecule has 82 valence electrons. The van der Waals surface area contributed by atoms with Crippen molar-refractivity contribution in [3.63, 3.8) is 0 Å². The van der Waals surface area contributed by atoms with Crippen molar-refractivity contribution in [3.05, 3.63) is 17.7 Å². The number of aromatic nitrogens is 4. The summed E-state index contributed by atoms with van der Waals surface area (Å²) in [4.78, 5) is 4.24. The largest absolute Gasteiger partial charge is 0.334 e. The lowest BCUT2D eigenvalue weighted by Crippen LogP contribution is -1.93. The van der Waals surface area contributed by atoms with E-state index in [1.54, 1.807) is 0 Å². The van der Waals surface area contributed by atoms with Crippen LogP contribution >= 0.6 is 0 Å². The zero-order chi connectivity index (χ0) is 11.5. The molecule has 0 aromatic carbocycles. The van der Waals surface area contributed by atoms with Crippen molar-refractivity contribution >= 4 is 0 Å². The maximum absolute atomic E-state index is 8.82. The molecule has 0 spiro atoms. The molecule has 0 aliphatic heterocycles. The molecule has 2 aromatic heterocycles. The van der Waals surface area contributed by atoms with Crippen LogP contribution < -0.4 is 0 Å². The first kappa shape index (κ1) is 10.4. The molecule has 0 bridgehead atoms. The number of hydrogen-bond donors (Lipinski definition) is 1. The molecule has 2 aromatic rings. The van der Waals surface area contributed by atoms with E-state index in [-0.39, 0.29) is 5.92 Å². The zero-order valence-corrected chi connectivity index (χ0v) is 9.06. The molecule has 0 radical (unpaired) electrons. The summed E-state index contributed by atoms with van der Waals surface area (Å²) in [5.74, 6) is 1.23. The van der Waals surface area contributed by atoms with E-state index in [9.17, 15) is 0 Å². The first-order chi connectivity index (χ1) is 7.76. The summed E-state index contributed by atoms with van der Waals surface area (Å²) in [7, 11) is 0. The van der Waals surface area contributed by atoms with Crippen molar-refractivity contribution < 1.29 is 4.52 Å². The first-order valence-electron chi connectivity index (χ1n) is 5.03. The summed E-state index contributed by atoms with van der Waals surface area (Å²) >= 11 is 0. The van der Waals surface area contributed by atoms with Gasteiger partial charge in [-0.15, -0.1) is 0 Å². The maximum atomic E-state index is 8.82. The fourth-order valence-corrected chi connectivity index (χ4v) is 1.26. The van der Waals surface area contributed by atoms with Crippen molar-refractivity contribution in [2.24, 2.45) is 0 Å². The number of hydrogen-bond acceptors (Lipinski definition) is 5. The van der Waals surface area contributed by atoms with E-state index in [2.05, 4.69) is 27.3 Å². The Kier molecular flexibility index (Phi) is 2.68. The molecule has 0 aliphatic carbocycles. The van der Waals surface area contributed by atoms with Crippen LogP contribution in [0.1, 0.15) is 37.7 Å². The number of nitrogens with zero attached hydrogens (tertiary/aromatic N) is 4. The van der Waals surface area contributed by atoms with Gasteiger partial charge in [0.15, 0.2) is 5.82 Å². The van der Waals surface area contributed by atoms with Crippen LogP contribution in [0.5, 0.6) is 0 Å². The van der Waals surface area contributed by atoms with E-state index in [1.165, 1.54) is 6.20 Å². The normalized spacial score (nSPS) is 12.3. The fourth-order valence-electron chi connectivity index (χ4n) is 1.26. The minimum absolute atomic E-state index is 0.245. The second-order valence-corrected chi connectivity index (χ2v) is 3.54. The van der Waals surface area contributed by atoms with Gasteiger partial charge in [-0.2, -0.15) is 15.3 Å². The van der Waals surface area contributed by atoms with Gasteiger partial charge in [0.1, 0.15) is 11.8 Å². The lowest BCUT2D eigenvalue weighted by molar-refractivity contribution is 0.416. The van der Waals surface area contributed by atoms with Crippen LogP contribution in [0.25, 0.3) is 11.5 Å². The molecule has 2 rings (SSSR count). The summed E-state index contributed by atoms with van der Waals surface area (Å²) in [6.07, 6.45) is 2.45. The van der Waals surface area contributed by atoms with Gasteiger partial charge in [0.25, 0.3) is 5.89 Å². The molecule has 1 unspecified atom stereocenters. The van der Waals surface area contributed by atoms with Crippen LogP contribution in [0.2, 0.25) is 0 Å². The highest BCUT2D eigenvalue weighted by Crippen LogP contribution is 2.22. The van der Waals surface area contributed by atoms with Gasteiger partial charge in [0.2, 0.25) is 0 Å². The quantitative estimate of drug-likeness (QED) is 0.846. The molecule has 0 aliphatic rings. The van der Waals surface area contributed by atoms with Crippen LogP contribution in [0.4, 0.5) is 0 Å². The van der Waals surface area contributed by atoms with E-state index < -0.39 is 0 Å². The fraction of sp³-hybridized carbons (Fsp3) is 0.400.